The maximum Gasteiger partial charge on any atom is 0.321 e. The number of hydrogen-bond acceptors (Lipinski definition) is 1. The molecule has 1 aliphatic rings. The molecule has 0 unspecified atom stereocenters. The average molecular weight is 190 g/mol. The van der Waals surface area contributed by atoms with Crippen LogP contribution in [0.5, 0.6) is 0 Å². The molecule has 1 aromatic rings. The zero-order valence-corrected chi connectivity index (χ0v) is 8.23. The molecular weight excluding hydrogens is 176 g/mol. The highest BCUT2D eigenvalue weighted by molar-refractivity contribution is 5.91. The Bertz CT molecular complexity index is 319. The van der Waals surface area contributed by atoms with Crippen LogP contribution in [0, 0.1) is 0 Å². The van der Waals surface area contributed by atoms with Gasteiger partial charge in [0.1, 0.15) is 0 Å². The zero-order valence-electron chi connectivity index (χ0n) is 8.23. The molecule has 1 fully saturated rings. The van der Waals surface area contributed by atoms with Gasteiger partial charge >= 0.3 is 6.03 Å². The highest BCUT2D eigenvalue weighted by Crippen LogP contribution is 2.19. The third-order valence-electron chi connectivity index (χ3n) is 2.35. The maximum absolute atomic E-state index is 11.6. The molecule has 0 atom stereocenters. The summed E-state index contributed by atoms with van der Waals surface area (Å²) in [6.45, 7) is 0. The third-order valence-corrected chi connectivity index (χ3v) is 2.35. The van der Waals surface area contributed by atoms with Crippen molar-refractivity contribution in [2.24, 2.45) is 0 Å². The average Bonchev–Trinajstić information content (AvgIpc) is 3.02. The van der Waals surface area contributed by atoms with Crippen LogP contribution >= 0.6 is 0 Å². The van der Waals surface area contributed by atoms with Gasteiger partial charge in [-0.25, -0.2) is 4.79 Å². The van der Waals surface area contributed by atoms with Gasteiger partial charge in [0.15, 0.2) is 0 Å². The van der Waals surface area contributed by atoms with Crippen molar-refractivity contribution in [2.75, 3.05) is 11.9 Å². The molecule has 3 nitrogen and oxygen atoms in total. The Balaban J connectivity index is 1.99. The lowest BCUT2D eigenvalue weighted by Crippen LogP contribution is -2.38. The molecule has 0 saturated heterocycles. The molecule has 0 heterocycles. The Hall–Kier alpha value is -1.51. The maximum atomic E-state index is 11.6. The summed E-state index contributed by atoms with van der Waals surface area (Å²) < 4.78 is 0. The monoisotopic (exact) mass is 190 g/mol. The van der Waals surface area contributed by atoms with E-state index in [-0.39, 0.29) is 6.03 Å². The lowest BCUT2D eigenvalue weighted by atomic mass is 10.3. The molecule has 0 aromatic heterocycles. The van der Waals surface area contributed by atoms with Crippen LogP contribution in [0.25, 0.3) is 0 Å². The minimum Gasteiger partial charge on any atom is -0.335 e. The molecule has 1 aromatic carbocycles. The van der Waals surface area contributed by atoms with Crippen molar-refractivity contribution in [2.45, 2.75) is 18.9 Å². The number of amides is 2. The van der Waals surface area contributed by atoms with E-state index in [0.29, 0.717) is 6.04 Å². The molecule has 0 bridgehead atoms. The summed E-state index contributed by atoms with van der Waals surface area (Å²) in [6.07, 6.45) is 2.24. The van der Waals surface area contributed by atoms with E-state index in [1.807, 2.05) is 30.3 Å². The number of rotatable bonds is 2. The van der Waals surface area contributed by atoms with Gasteiger partial charge in [-0.05, 0) is 25.0 Å². The van der Waals surface area contributed by atoms with E-state index in [1.165, 1.54) is 0 Å². The van der Waals surface area contributed by atoms with Crippen LogP contribution in [0.15, 0.2) is 30.3 Å². The van der Waals surface area contributed by atoms with Crippen LogP contribution in [0.4, 0.5) is 10.5 Å². The Morgan fingerprint density at radius 3 is 2.57 bits per heavy atom. The first kappa shape index (κ1) is 9.06. The molecule has 2 rings (SSSR count). The molecule has 1 aliphatic carbocycles. The van der Waals surface area contributed by atoms with E-state index >= 15 is 0 Å². The van der Waals surface area contributed by atoms with Crippen molar-refractivity contribution in [3.8, 4) is 0 Å². The largest absolute Gasteiger partial charge is 0.335 e. The Morgan fingerprint density at radius 2 is 2.00 bits per heavy atom. The Kier molecular flexibility index (Phi) is 2.39. The fraction of sp³-hybridized carbons (Fsp3) is 0.364. The van der Waals surface area contributed by atoms with Gasteiger partial charge < -0.3 is 5.32 Å². The summed E-state index contributed by atoms with van der Waals surface area (Å²) in [5.74, 6) is 0. The topological polar surface area (TPSA) is 32.3 Å². The van der Waals surface area contributed by atoms with Crippen LogP contribution in [-0.4, -0.2) is 19.1 Å². The quantitative estimate of drug-likeness (QED) is 0.760. The second-order valence-electron chi connectivity index (χ2n) is 3.62. The first-order chi connectivity index (χ1) is 6.77. The second-order valence-corrected chi connectivity index (χ2v) is 3.62. The number of para-hydroxylation sites is 1. The summed E-state index contributed by atoms with van der Waals surface area (Å²) in [4.78, 5) is 13.2. The van der Waals surface area contributed by atoms with Gasteiger partial charge in [0, 0.05) is 18.8 Å². The molecule has 14 heavy (non-hydrogen) atoms. The summed E-state index contributed by atoms with van der Waals surface area (Å²) in [6, 6.07) is 10.0. The number of carbonyl (C=O) groups is 1. The predicted octanol–water partition coefficient (Wildman–Crippen LogP) is 1.99. The molecule has 1 N–H and O–H groups in total. The Morgan fingerprint density at radius 1 is 1.36 bits per heavy atom. The van der Waals surface area contributed by atoms with Crippen LogP contribution in [-0.2, 0) is 0 Å². The van der Waals surface area contributed by atoms with Gasteiger partial charge in [0.2, 0.25) is 0 Å². The van der Waals surface area contributed by atoms with Crippen LogP contribution < -0.4 is 10.2 Å². The van der Waals surface area contributed by atoms with Gasteiger partial charge in [0.05, 0.1) is 0 Å². The molecule has 0 spiro atoms. The van der Waals surface area contributed by atoms with E-state index in [4.69, 9.17) is 0 Å². The first-order valence-electron chi connectivity index (χ1n) is 4.86. The molecule has 74 valence electrons. The van der Waals surface area contributed by atoms with E-state index in [1.54, 1.807) is 11.9 Å². The number of benzene rings is 1. The van der Waals surface area contributed by atoms with E-state index in [9.17, 15) is 4.79 Å². The van der Waals surface area contributed by atoms with Gasteiger partial charge in [0.25, 0.3) is 0 Å². The van der Waals surface area contributed by atoms with Crippen molar-refractivity contribution in [1.29, 1.82) is 0 Å². The molecular formula is C11H14N2O. The van der Waals surface area contributed by atoms with Crippen LogP contribution in [0.3, 0.4) is 0 Å². The molecule has 1 saturated carbocycles. The fourth-order valence-electron chi connectivity index (χ4n) is 1.27. The minimum absolute atomic E-state index is 0.0151. The third kappa shape index (κ3) is 2.05. The zero-order chi connectivity index (χ0) is 9.97. The van der Waals surface area contributed by atoms with Gasteiger partial charge in [-0.1, -0.05) is 18.2 Å². The summed E-state index contributed by atoms with van der Waals surface area (Å²) in [5, 5.41) is 2.94. The van der Waals surface area contributed by atoms with Crippen molar-refractivity contribution >= 4 is 11.7 Å². The standard InChI is InChI=1S/C11H14N2O/c1-13(10-5-3-2-4-6-10)11(14)12-9-7-8-9/h2-6,9H,7-8H2,1H3,(H,12,14). The number of nitrogens with one attached hydrogen (secondary N) is 1. The lowest BCUT2D eigenvalue weighted by Gasteiger charge is -2.17. The van der Waals surface area contributed by atoms with Crippen molar-refractivity contribution in [3.05, 3.63) is 30.3 Å². The fourth-order valence-corrected chi connectivity index (χ4v) is 1.27. The number of hydrogen-bond donors (Lipinski definition) is 1. The minimum atomic E-state index is -0.0151. The van der Waals surface area contributed by atoms with E-state index < -0.39 is 0 Å². The smallest absolute Gasteiger partial charge is 0.321 e. The Labute approximate surface area is 83.7 Å². The SMILES string of the molecule is CN(C(=O)NC1CC1)c1ccccc1. The van der Waals surface area contributed by atoms with Crippen LogP contribution in [0.1, 0.15) is 12.8 Å². The molecule has 2 amide bonds. The van der Waals surface area contributed by atoms with Crippen molar-refractivity contribution < 1.29 is 4.79 Å². The number of carbonyl (C=O) groups excluding carboxylic acids is 1. The summed E-state index contributed by atoms with van der Waals surface area (Å²) in [5.41, 5.74) is 0.922. The first-order valence-corrected chi connectivity index (χ1v) is 4.86. The summed E-state index contributed by atoms with van der Waals surface area (Å²) in [7, 11) is 1.78. The molecule has 0 radical (unpaired) electrons. The summed E-state index contributed by atoms with van der Waals surface area (Å²) >= 11 is 0. The predicted molar refractivity (Wildman–Crippen MR) is 56.4 cm³/mol. The number of urea groups is 1. The lowest BCUT2D eigenvalue weighted by molar-refractivity contribution is 0.247. The van der Waals surface area contributed by atoms with E-state index in [2.05, 4.69) is 5.32 Å². The van der Waals surface area contributed by atoms with Crippen LogP contribution in [0.2, 0.25) is 0 Å². The highest BCUT2D eigenvalue weighted by atomic mass is 16.2. The number of anilines is 1. The normalized spacial score (nSPS) is 14.9. The highest BCUT2D eigenvalue weighted by Gasteiger charge is 2.24. The van der Waals surface area contributed by atoms with Gasteiger partial charge in [-0.15, -0.1) is 0 Å². The molecule has 0 aliphatic heterocycles. The van der Waals surface area contributed by atoms with E-state index in [0.717, 1.165) is 18.5 Å². The van der Waals surface area contributed by atoms with Crippen molar-refractivity contribution in [3.63, 3.8) is 0 Å². The van der Waals surface area contributed by atoms with Gasteiger partial charge in [-0.2, -0.15) is 0 Å². The second kappa shape index (κ2) is 3.70. The number of nitrogens with zero attached hydrogens (tertiary/aromatic N) is 1. The molecule has 3 heteroatoms. The van der Waals surface area contributed by atoms with Gasteiger partial charge in [-0.3, -0.25) is 4.90 Å². The van der Waals surface area contributed by atoms with Crippen molar-refractivity contribution in [1.82, 2.24) is 5.32 Å².